The number of pyridine rings is 1. The van der Waals surface area contributed by atoms with Crippen molar-refractivity contribution in [3.63, 3.8) is 0 Å². The molecular weight excluding hydrogens is 545 g/mol. The van der Waals surface area contributed by atoms with Gasteiger partial charge in [-0.3, -0.25) is 19.1 Å². The van der Waals surface area contributed by atoms with Crippen molar-refractivity contribution in [2.24, 2.45) is 0 Å². The number of nitrogens with zero attached hydrogens (tertiary/aromatic N) is 3. The smallest absolute Gasteiger partial charge is 0.475 e. The van der Waals surface area contributed by atoms with Crippen LogP contribution < -0.4 is 16.2 Å². The Balaban J connectivity index is 0.000000587. The first-order valence-electron chi connectivity index (χ1n) is 12.6. The summed E-state index contributed by atoms with van der Waals surface area (Å²) in [5, 5.41) is 13.1. The lowest BCUT2D eigenvalue weighted by atomic mass is 10.1. The zero-order valence-corrected chi connectivity index (χ0v) is 22.1. The number of benzene rings is 1. The van der Waals surface area contributed by atoms with E-state index in [0.717, 1.165) is 28.7 Å². The third kappa shape index (κ3) is 9.17. The summed E-state index contributed by atoms with van der Waals surface area (Å²) in [6, 6.07) is 15.1. The molecular formula is C27H29F3N6O5. The Morgan fingerprint density at radius 1 is 1.12 bits per heavy atom. The monoisotopic (exact) mass is 574 g/mol. The molecule has 3 aromatic heterocycles. The molecule has 0 aliphatic rings. The van der Waals surface area contributed by atoms with E-state index in [9.17, 15) is 22.8 Å². The molecule has 1 aromatic carbocycles. The number of hydrogen-bond donors (Lipinski definition) is 4. The van der Waals surface area contributed by atoms with Gasteiger partial charge in [0, 0.05) is 31.6 Å². The predicted octanol–water partition coefficient (Wildman–Crippen LogP) is 3.57. The summed E-state index contributed by atoms with van der Waals surface area (Å²) < 4.78 is 38.5. The molecule has 0 spiro atoms. The van der Waals surface area contributed by atoms with E-state index in [4.69, 9.17) is 14.6 Å². The van der Waals surface area contributed by atoms with Crippen LogP contribution in [0.15, 0.2) is 65.7 Å². The summed E-state index contributed by atoms with van der Waals surface area (Å²) in [5.41, 5.74) is 3.62. The summed E-state index contributed by atoms with van der Waals surface area (Å²) in [7, 11) is 0. The van der Waals surface area contributed by atoms with E-state index in [1.807, 2.05) is 55.5 Å². The Morgan fingerprint density at radius 3 is 2.51 bits per heavy atom. The average molecular weight is 575 g/mol. The van der Waals surface area contributed by atoms with E-state index >= 15 is 0 Å². The molecule has 4 aromatic rings. The van der Waals surface area contributed by atoms with Gasteiger partial charge in [0.25, 0.3) is 5.56 Å². The van der Waals surface area contributed by atoms with Crippen LogP contribution in [0.4, 0.5) is 19.0 Å². The number of H-pyrrole nitrogens is 1. The third-order valence-corrected chi connectivity index (χ3v) is 5.55. The fourth-order valence-corrected chi connectivity index (χ4v) is 3.63. The van der Waals surface area contributed by atoms with Crippen molar-refractivity contribution >= 4 is 28.7 Å². The average Bonchev–Trinajstić information content (AvgIpc) is 3.37. The number of hydrogen-bond acceptors (Lipinski definition) is 7. The minimum absolute atomic E-state index is 0.127. The van der Waals surface area contributed by atoms with Gasteiger partial charge in [0.05, 0.1) is 29.5 Å². The number of aliphatic carboxylic acids is 1. The van der Waals surface area contributed by atoms with Crippen LogP contribution in [0.3, 0.4) is 0 Å². The number of carbonyl (C=O) groups is 2. The van der Waals surface area contributed by atoms with E-state index in [-0.39, 0.29) is 23.8 Å². The molecule has 0 fully saturated rings. The highest BCUT2D eigenvalue weighted by Crippen LogP contribution is 2.18. The minimum atomic E-state index is -5.08. The summed E-state index contributed by atoms with van der Waals surface area (Å²) in [5.74, 6) is -2.82. The maximum atomic E-state index is 13.2. The molecule has 0 unspecified atom stereocenters. The molecule has 0 saturated carbocycles. The van der Waals surface area contributed by atoms with Crippen molar-refractivity contribution in [2.45, 2.75) is 32.6 Å². The van der Waals surface area contributed by atoms with Gasteiger partial charge in [-0.15, -0.1) is 0 Å². The number of alkyl halides is 3. The number of aromatic amines is 1. The van der Waals surface area contributed by atoms with Crippen LogP contribution in [0.2, 0.25) is 0 Å². The molecule has 3 heterocycles. The molecule has 0 aliphatic heterocycles. The molecule has 11 nitrogen and oxygen atoms in total. The third-order valence-electron chi connectivity index (χ3n) is 5.55. The Labute approximate surface area is 232 Å². The lowest BCUT2D eigenvalue weighted by molar-refractivity contribution is -0.192. The van der Waals surface area contributed by atoms with Crippen molar-refractivity contribution < 1.29 is 32.6 Å². The Kier molecular flexibility index (Phi) is 11.0. The van der Waals surface area contributed by atoms with Crippen molar-refractivity contribution in [1.29, 1.82) is 0 Å². The SMILES string of the molecule is CCOCCCNc1ncc(-c2ccccc2)n(CC(=O)NCc2cc3ncccc3[nH]2)c1=O.O=C(O)C(F)(F)F. The van der Waals surface area contributed by atoms with Gasteiger partial charge >= 0.3 is 12.1 Å². The molecule has 0 aliphatic carbocycles. The zero-order valence-electron chi connectivity index (χ0n) is 22.1. The number of amides is 1. The van der Waals surface area contributed by atoms with Gasteiger partial charge < -0.3 is 25.5 Å². The van der Waals surface area contributed by atoms with Crippen LogP contribution >= 0.6 is 0 Å². The van der Waals surface area contributed by atoms with Gasteiger partial charge in [-0.05, 0) is 37.1 Å². The van der Waals surface area contributed by atoms with Crippen LogP contribution in [0, 0.1) is 0 Å². The number of anilines is 1. The van der Waals surface area contributed by atoms with Crippen molar-refractivity contribution in [3.8, 4) is 11.3 Å². The van der Waals surface area contributed by atoms with Gasteiger partial charge in [0.1, 0.15) is 6.54 Å². The maximum Gasteiger partial charge on any atom is 0.490 e. The number of halogens is 3. The summed E-state index contributed by atoms with van der Waals surface area (Å²) >= 11 is 0. The molecule has 4 N–H and O–H groups in total. The Hall–Kier alpha value is -4.72. The predicted molar refractivity (Wildman–Crippen MR) is 145 cm³/mol. The second kappa shape index (κ2) is 14.6. The molecule has 0 atom stereocenters. The van der Waals surface area contributed by atoms with Crippen LogP contribution in [-0.2, 0) is 27.4 Å². The molecule has 0 bridgehead atoms. The molecule has 0 radical (unpaired) electrons. The molecule has 4 rings (SSSR count). The first-order chi connectivity index (χ1) is 19.6. The topological polar surface area (TPSA) is 151 Å². The van der Waals surface area contributed by atoms with Gasteiger partial charge in [-0.2, -0.15) is 13.2 Å². The molecule has 0 saturated heterocycles. The van der Waals surface area contributed by atoms with E-state index in [1.165, 1.54) is 4.57 Å². The summed E-state index contributed by atoms with van der Waals surface area (Å²) in [4.78, 5) is 46.8. The second-order valence-electron chi connectivity index (χ2n) is 8.54. The second-order valence-corrected chi connectivity index (χ2v) is 8.54. The number of aromatic nitrogens is 4. The van der Waals surface area contributed by atoms with E-state index in [1.54, 1.807) is 12.4 Å². The molecule has 41 heavy (non-hydrogen) atoms. The van der Waals surface area contributed by atoms with E-state index < -0.39 is 12.1 Å². The largest absolute Gasteiger partial charge is 0.490 e. The molecule has 1 amide bonds. The number of ether oxygens (including phenoxy) is 1. The lowest BCUT2D eigenvalue weighted by Gasteiger charge is -2.15. The van der Waals surface area contributed by atoms with E-state index in [2.05, 4.69) is 25.6 Å². The number of carboxylic acids is 1. The number of fused-ring (bicyclic) bond motifs is 1. The number of rotatable bonds is 11. The Morgan fingerprint density at radius 2 is 1.85 bits per heavy atom. The first-order valence-corrected chi connectivity index (χ1v) is 12.6. The van der Waals surface area contributed by atoms with Crippen LogP contribution in [0.25, 0.3) is 22.3 Å². The van der Waals surface area contributed by atoms with Crippen molar-refractivity contribution in [1.82, 2.24) is 24.8 Å². The van der Waals surface area contributed by atoms with Gasteiger partial charge in [-0.25, -0.2) is 9.78 Å². The molecule has 218 valence electrons. The highest BCUT2D eigenvalue weighted by molar-refractivity contribution is 5.78. The van der Waals surface area contributed by atoms with Crippen molar-refractivity contribution in [2.75, 3.05) is 25.1 Å². The zero-order chi connectivity index (χ0) is 29.8. The summed E-state index contributed by atoms with van der Waals surface area (Å²) in [6.07, 6.45) is -0.991. The van der Waals surface area contributed by atoms with Crippen LogP contribution in [0.5, 0.6) is 0 Å². The van der Waals surface area contributed by atoms with Gasteiger partial charge in [-0.1, -0.05) is 30.3 Å². The Bertz CT molecular complexity index is 1470. The van der Waals surface area contributed by atoms with Gasteiger partial charge in [0.2, 0.25) is 5.91 Å². The highest BCUT2D eigenvalue weighted by Gasteiger charge is 2.38. The fourth-order valence-electron chi connectivity index (χ4n) is 3.63. The van der Waals surface area contributed by atoms with Crippen LogP contribution in [0.1, 0.15) is 19.0 Å². The highest BCUT2D eigenvalue weighted by atomic mass is 19.4. The fraction of sp³-hybridized carbons (Fsp3) is 0.296. The quantitative estimate of drug-likeness (QED) is 0.199. The summed E-state index contributed by atoms with van der Waals surface area (Å²) in [6.45, 7) is 3.92. The maximum absolute atomic E-state index is 13.2. The normalized spacial score (nSPS) is 11.0. The minimum Gasteiger partial charge on any atom is -0.475 e. The van der Waals surface area contributed by atoms with Crippen LogP contribution in [-0.4, -0.2) is 62.4 Å². The van der Waals surface area contributed by atoms with Crippen molar-refractivity contribution in [3.05, 3.63) is 77.0 Å². The molecule has 14 heteroatoms. The first kappa shape index (κ1) is 30.8. The van der Waals surface area contributed by atoms with E-state index in [0.29, 0.717) is 32.0 Å². The standard InChI is InChI=1S/C25H28N6O3.C2HF3O2/c1-2-34-13-7-12-27-24-25(33)31(22(16-29-24)18-8-4-3-5-9-18)17-23(32)28-15-19-14-21-20(30-19)10-6-11-26-21;3-2(4,5)1(6)7/h3-6,8-11,14,16,30H,2,7,12-13,15,17H2,1H3,(H,27,29)(H,28,32);(H,6,7). The number of carboxylic acid groups (broad SMARTS) is 1. The number of carbonyl (C=O) groups excluding carboxylic acids is 1. The number of nitrogens with one attached hydrogen (secondary N) is 3. The van der Waals surface area contributed by atoms with Gasteiger partial charge in [0.15, 0.2) is 5.82 Å². The lowest BCUT2D eigenvalue weighted by Crippen LogP contribution is -2.34.